The molecule has 1 unspecified atom stereocenters. The normalized spacial score (nSPS) is 12.6. The molecule has 18 heavy (non-hydrogen) atoms. The van der Waals surface area contributed by atoms with Crippen molar-refractivity contribution in [1.82, 2.24) is 14.7 Å². The molecule has 0 aliphatic rings. The first-order valence-electron chi connectivity index (χ1n) is 5.54. The smallest absolute Gasteiger partial charge is 0.322 e. The molecule has 0 aromatic carbocycles. The third-order valence-electron chi connectivity index (χ3n) is 2.61. The predicted molar refractivity (Wildman–Crippen MR) is 68.5 cm³/mol. The molecule has 5 nitrogen and oxygen atoms in total. The second-order valence-electron chi connectivity index (χ2n) is 3.97. The molecule has 1 atom stereocenters. The molecule has 2 aromatic heterocycles. The van der Waals surface area contributed by atoms with E-state index in [9.17, 15) is 4.79 Å². The van der Waals surface area contributed by atoms with E-state index in [0.29, 0.717) is 11.6 Å². The highest BCUT2D eigenvalue weighted by molar-refractivity contribution is 6.30. The third-order valence-corrected chi connectivity index (χ3v) is 2.83. The van der Waals surface area contributed by atoms with Crippen LogP contribution < -0.4 is 5.32 Å². The topological polar surface area (TPSA) is 55.6 Å². The van der Waals surface area contributed by atoms with Crippen LogP contribution in [0.4, 0.5) is 0 Å². The van der Waals surface area contributed by atoms with Crippen LogP contribution in [0.2, 0.25) is 5.02 Å². The van der Waals surface area contributed by atoms with E-state index in [1.807, 2.05) is 16.7 Å². The Morgan fingerprint density at radius 3 is 3.06 bits per heavy atom. The molecule has 0 amide bonds. The quantitative estimate of drug-likeness (QED) is 0.856. The lowest BCUT2D eigenvalue weighted by Gasteiger charge is -2.09. The van der Waals surface area contributed by atoms with E-state index in [1.54, 1.807) is 19.2 Å². The van der Waals surface area contributed by atoms with Crippen LogP contribution in [0.5, 0.6) is 0 Å². The van der Waals surface area contributed by atoms with Gasteiger partial charge in [-0.05, 0) is 19.1 Å². The molecule has 96 valence electrons. The Bertz CT molecular complexity index is 567. The highest BCUT2D eigenvalue weighted by Crippen LogP contribution is 2.11. The lowest BCUT2D eigenvalue weighted by molar-refractivity contribution is -0.142. The van der Waals surface area contributed by atoms with Gasteiger partial charge in [-0.3, -0.25) is 10.1 Å². The number of rotatable bonds is 4. The molecule has 0 fully saturated rings. The minimum absolute atomic E-state index is 0.290. The van der Waals surface area contributed by atoms with Crippen LogP contribution in [-0.4, -0.2) is 28.5 Å². The van der Waals surface area contributed by atoms with Gasteiger partial charge in [0.1, 0.15) is 11.7 Å². The number of nitrogens with zero attached hydrogens (tertiary/aromatic N) is 2. The molecule has 2 rings (SSSR count). The fraction of sp³-hybridized carbons (Fsp3) is 0.333. The van der Waals surface area contributed by atoms with Crippen LogP contribution in [0.15, 0.2) is 24.5 Å². The number of hydrogen-bond acceptors (Lipinski definition) is 4. The molecular formula is C12H14ClN3O2. The van der Waals surface area contributed by atoms with Crippen molar-refractivity contribution in [2.75, 3.05) is 7.11 Å². The van der Waals surface area contributed by atoms with Crippen molar-refractivity contribution in [3.8, 4) is 0 Å². The van der Waals surface area contributed by atoms with E-state index in [2.05, 4.69) is 15.0 Å². The zero-order valence-electron chi connectivity index (χ0n) is 10.2. The number of pyridine rings is 1. The summed E-state index contributed by atoms with van der Waals surface area (Å²) in [5.41, 5.74) is 1.66. The molecule has 0 spiro atoms. The van der Waals surface area contributed by atoms with Crippen LogP contribution in [0.1, 0.15) is 12.6 Å². The highest BCUT2D eigenvalue weighted by Gasteiger charge is 2.12. The molecule has 0 saturated heterocycles. The van der Waals surface area contributed by atoms with Gasteiger partial charge in [-0.25, -0.2) is 4.98 Å². The molecule has 0 radical (unpaired) electrons. The van der Waals surface area contributed by atoms with Crippen molar-refractivity contribution in [3.05, 3.63) is 35.2 Å². The second kappa shape index (κ2) is 5.37. The SMILES string of the molecule is COC(=O)C(C)NCc1cn2cc(Cl)ccc2n1. The molecular weight excluding hydrogens is 254 g/mol. The second-order valence-corrected chi connectivity index (χ2v) is 4.41. The van der Waals surface area contributed by atoms with Crippen molar-refractivity contribution in [2.24, 2.45) is 0 Å². The fourth-order valence-electron chi connectivity index (χ4n) is 1.62. The molecule has 0 aliphatic carbocycles. The number of fused-ring (bicyclic) bond motifs is 1. The summed E-state index contributed by atoms with van der Waals surface area (Å²) in [7, 11) is 1.37. The first kappa shape index (κ1) is 12.9. The fourth-order valence-corrected chi connectivity index (χ4v) is 1.79. The summed E-state index contributed by atoms with van der Waals surface area (Å²) < 4.78 is 6.48. The van der Waals surface area contributed by atoms with Crippen LogP contribution in [0, 0.1) is 0 Å². The maximum atomic E-state index is 11.2. The molecule has 1 N–H and O–H groups in total. The number of carbonyl (C=O) groups excluding carboxylic acids is 1. The summed E-state index contributed by atoms with van der Waals surface area (Å²) in [5.74, 6) is -0.290. The Kier molecular flexibility index (Phi) is 3.84. The zero-order chi connectivity index (χ0) is 13.1. The van der Waals surface area contributed by atoms with Gasteiger partial charge in [0.2, 0.25) is 0 Å². The van der Waals surface area contributed by atoms with Gasteiger partial charge in [0, 0.05) is 18.9 Å². The lowest BCUT2D eigenvalue weighted by Crippen LogP contribution is -2.34. The molecule has 6 heteroatoms. The highest BCUT2D eigenvalue weighted by atomic mass is 35.5. The first-order chi connectivity index (χ1) is 8.60. The first-order valence-corrected chi connectivity index (χ1v) is 5.92. The number of imidazole rings is 1. The summed E-state index contributed by atoms with van der Waals surface area (Å²) >= 11 is 5.89. The largest absolute Gasteiger partial charge is 0.468 e. The van der Waals surface area contributed by atoms with Crippen molar-refractivity contribution in [1.29, 1.82) is 0 Å². The maximum Gasteiger partial charge on any atom is 0.322 e. The van der Waals surface area contributed by atoms with Crippen molar-refractivity contribution in [3.63, 3.8) is 0 Å². The van der Waals surface area contributed by atoms with E-state index in [4.69, 9.17) is 11.6 Å². The van der Waals surface area contributed by atoms with Crippen molar-refractivity contribution >= 4 is 23.2 Å². The number of ether oxygens (including phenoxy) is 1. The molecule has 0 saturated carbocycles. The van der Waals surface area contributed by atoms with Gasteiger partial charge in [0.15, 0.2) is 0 Å². The van der Waals surface area contributed by atoms with E-state index >= 15 is 0 Å². The number of carbonyl (C=O) groups is 1. The van der Waals surface area contributed by atoms with Gasteiger partial charge in [-0.2, -0.15) is 0 Å². The van der Waals surface area contributed by atoms with E-state index in [0.717, 1.165) is 11.3 Å². The monoisotopic (exact) mass is 267 g/mol. The summed E-state index contributed by atoms with van der Waals surface area (Å²) in [6, 6.07) is 3.27. The minimum atomic E-state index is -0.358. The van der Waals surface area contributed by atoms with Gasteiger partial charge in [0.25, 0.3) is 0 Å². The third kappa shape index (κ3) is 2.80. The van der Waals surface area contributed by atoms with Crippen molar-refractivity contribution in [2.45, 2.75) is 19.5 Å². The summed E-state index contributed by atoms with van der Waals surface area (Å²) in [4.78, 5) is 15.6. The van der Waals surface area contributed by atoms with Crippen LogP contribution in [0.3, 0.4) is 0 Å². The van der Waals surface area contributed by atoms with Crippen LogP contribution in [-0.2, 0) is 16.1 Å². The number of hydrogen-bond donors (Lipinski definition) is 1. The summed E-state index contributed by atoms with van der Waals surface area (Å²) in [5, 5.41) is 3.70. The van der Waals surface area contributed by atoms with Gasteiger partial charge >= 0.3 is 5.97 Å². The molecule has 0 aliphatic heterocycles. The Hall–Kier alpha value is -1.59. The van der Waals surface area contributed by atoms with Crippen LogP contribution in [0.25, 0.3) is 5.65 Å². The van der Waals surface area contributed by atoms with E-state index in [1.165, 1.54) is 7.11 Å². The molecule has 2 aromatic rings. The van der Waals surface area contributed by atoms with Gasteiger partial charge in [-0.1, -0.05) is 11.6 Å². The minimum Gasteiger partial charge on any atom is -0.468 e. The summed E-state index contributed by atoms with van der Waals surface area (Å²) in [6.45, 7) is 2.24. The van der Waals surface area contributed by atoms with Crippen molar-refractivity contribution < 1.29 is 9.53 Å². The average molecular weight is 268 g/mol. The predicted octanol–water partition coefficient (Wildman–Crippen LogP) is 1.64. The number of methoxy groups -OCH3 is 1. The van der Waals surface area contributed by atoms with Gasteiger partial charge in [-0.15, -0.1) is 0 Å². The standard InChI is InChI=1S/C12H14ClN3O2/c1-8(12(17)18-2)14-5-10-7-16-6-9(13)3-4-11(16)15-10/h3-4,6-8,14H,5H2,1-2H3. The zero-order valence-corrected chi connectivity index (χ0v) is 10.9. The lowest BCUT2D eigenvalue weighted by atomic mass is 10.3. The number of aromatic nitrogens is 2. The molecule has 0 bridgehead atoms. The average Bonchev–Trinajstić information content (AvgIpc) is 2.76. The Balaban J connectivity index is 2.06. The van der Waals surface area contributed by atoms with E-state index < -0.39 is 0 Å². The Morgan fingerprint density at radius 2 is 2.33 bits per heavy atom. The van der Waals surface area contributed by atoms with Gasteiger partial charge in [0.05, 0.1) is 17.8 Å². The molecule has 2 heterocycles. The van der Waals surface area contributed by atoms with Crippen LogP contribution >= 0.6 is 11.6 Å². The Labute approximate surface area is 110 Å². The number of nitrogens with one attached hydrogen (secondary N) is 1. The summed E-state index contributed by atoms with van der Waals surface area (Å²) in [6.07, 6.45) is 3.66. The van der Waals surface area contributed by atoms with E-state index in [-0.39, 0.29) is 12.0 Å². The Morgan fingerprint density at radius 1 is 1.56 bits per heavy atom. The maximum absolute atomic E-state index is 11.2. The number of halogens is 1. The van der Waals surface area contributed by atoms with Gasteiger partial charge < -0.3 is 9.14 Å². The number of esters is 1.